The highest BCUT2D eigenvalue weighted by molar-refractivity contribution is 5.88. The van der Waals surface area contributed by atoms with Crippen LogP contribution < -0.4 is 5.73 Å². The van der Waals surface area contributed by atoms with Crippen LogP contribution in [-0.4, -0.2) is 29.8 Å². The van der Waals surface area contributed by atoms with Gasteiger partial charge in [0.2, 0.25) is 11.8 Å². The van der Waals surface area contributed by atoms with Crippen molar-refractivity contribution in [1.29, 1.82) is 0 Å². The van der Waals surface area contributed by atoms with Gasteiger partial charge >= 0.3 is 0 Å². The molecule has 3 rings (SSSR count). The molecule has 0 aromatic heterocycles. The van der Waals surface area contributed by atoms with Gasteiger partial charge in [-0.15, -0.1) is 0 Å². The Kier molecular flexibility index (Phi) is 3.89. The second kappa shape index (κ2) is 5.71. The fourth-order valence-corrected chi connectivity index (χ4v) is 3.94. The topological polar surface area (TPSA) is 63.4 Å². The molecule has 0 bridgehead atoms. The highest BCUT2D eigenvalue weighted by Gasteiger charge is 2.43. The number of likely N-dealkylation sites (tertiary alicyclic amines) is 1. The van der Waals surface area contributed by atoms with E-state index in [9.17, 15) is 14.0 Å². The quantitative estimate of drug-likeness (QED) is 0.924. The number of carbonyl (C=O) groups excluding carboxylic acids is 2. The molecule has 5 heteroatoms. The highest BCUT2D eigenvalue weighted by Crippen LogP contribution is 2.43. The van der Waals surface area contributed by atoms with Crippen molar-refractivity contribution in [1.82, 2.24) is 4.90 Å². The van der Waals surface area contributed by atoms with Crippen LogP contribution in [0, 0.1) is 11.7 Å². The normalized spacial score (nSPS) is 24.0. The third-order valence-corrected chi connectivity index (χ3v) is 5.12. The third-order valence-electron chi connectivity index (χ3n) is 5.12. The lowest BCUT2D eigenvalue weighted by atomic mass is 9.78. The van der Waals surface area contributed by atoms with Crippen molar-refractivity contribution in [3.63, 3.8) is 0 Å². The molecule has 1 aromatic carbocycles. The van der Waals surface area contributed by atoms with Gasteiger partial charge in [-0.05, 0) is 24.5 Å². The summed E-state index contributed by atoms with van der Waals surface area (Å²) in [6, 6.07) is 6.84. The summed E-state index contributed by atoms with van der Waals surface area (Å²) in [5.74, 6) is -1.09. The van der Waals surface area contributed by atoms with Gasteiger partial charge in [-0.3, -0.25) is 9.59 Å². The van der Waals surface area contributed by atoms with E-state index in [1.54, 1.807) is 11.0 Å². The molecule has 118 valence electrons. The van der Waals surface area contributed by atoms with Gasteiger partial charge in [0.25, 0.3) is 0 Å². The second-order valence-electron chi connectivity index (χ2n) is 6.54. The first-order chi connectivity index (χ1) is 10.5. The van der Waals surface area contributed by atoms with Gasteiger partial charge in [0.15, 0.2) is 0 Å². The number of benzene rings is 1. The van der Waals surface area contributed by atoms with E-state index in [1.165, 1.54) is 6.07 Å². The van der Waals surface area contributed by atoms with Crippen molar-refractivity contribution in [2.45, 2.75) is 37.5 Å². The van der Waals surface area contributed by atoms with Gasteiger partial charge in [0.1, 0.15) is 5.82 Å². The summed E-state index contributed by atoms with van der Waals surface area (Å²) in [4.78, 5) is 25.2. The molecule has 1 saturated heterocycles. The standard InChI is InChI=1S/C17H21FN2O2/c18-14-6-2-1-5-13(14)17(7-3-4-8-17)11-20-10-12(16(19)22)9-15(20)21/h1-2,5-6,12H,3-4,7-11H2,(H2,19,22). The third kappa shape index (κ3) is 2.60. The Bertz CT molecular complexity index is 596. The summed E-state index contributed by atoms with van der Waals surface area (Å²) in [5.41, 5.74) is 5.69. The fraction of sp³-hybridized carbons (Fsp3) is 0.529. The molecular formula is C17H21FN2O2. The average molecular weight is 304 g/mol. The molecule has 2 fully saturated rings. The zero-order valence-corrected chi connectivity index (χ0v) is 12.6. The second-order valence-corrected chi connectivity index (χ2v) is 6.54. The number of halogens is 1. The van der Waals surface area contributed by atoms with Gasteiger partial charge in [0.05, 0.1) is 5.92 Å². The predicted molar refractivity (Wildman–Crippen MR) is 80.4 cm³/mol. The lowest BCUT2D eigenvalue weighted by molar-refractivity contribution is -0.129. The van der Waals surface area contributed by atoms with Gasteiger partial charge in [-0.25, -0.2) is 4.39 Å². The van der Waals surface area contributed by atoms with Crippen molar-refractivity contribution >= 4 is 11.8 Å². The number of carbonyl (C=O) groups is 2. The number of amides is 2. The SMILES string of the molecule is NC(=O)C1CC(=O)N(CC2(c3ccccc3F)CCCC2)C1. The molecule has 1 heterocycles. The van der Waals surface area contributed by atoms with Crippen LogP contribution in [-0.2, 0) is 15.0 Å². The van der Waals surface area contributed by atoms with Crippen molar-refractivity contribution in [2.24, 2.45) is 11.7 Å². The highest BCUT2D eigenvalue weighted by atomic mass is 19.1. The first-order valence-electron chi connectivity index (χ1n) is 7.84. The molecule has 1 saturated carbocycles. The zero-order valence-electron chi connectivity index (χ0n) is 12.6. The predicted octanol–water partition coefficient (Wildman–Crippen LogP) is 1.97. The van der Waals surface area contributed by atoms with Crippen LogP contribution in [0.3, 0.4) is 0 Å². The number of hydrogen-bond acceptors (Lipinski definition) is 2. The molecule has 1 unspecified atom stereocenters. The number of nitrogens with zero attached hydrogens (tertiary/aromatic N) is 1. The maximum atomic E-state index is 14.3. The van der Waals surface area contributed by atoms with Crippen LogP contribution in [0.4, 0.5) is 4.39 Å². The van der Waals surface area contributed by atoms with Gasteiger partial charge in [-0.2, -0.15) is 0 Å². The maximum Gasteiger partial charge on any atom is 0.223 e. The van der Waals surface area contributed by atoms with E-state index in [0.29, 0.717) is 18.7 Å². The lowest BCUT2D eigenvalue weighted by Gasteiger charge is -2.34. The molecule has 0 radical (unpaired) electrons. The Labute approximate surface area is 129 Å². The summed E-state index contributed by atoms with van der Waals surface area (Å²) in [6.45, 7) is 0.848. The van der Waals surface area contributed by atoms with Crippen molar-refractivity contribution < 1.29 is 14.0 Å². The van der Waals surface area contributed by atoms with Crippen LogP contribution in [0.15, 0.2) is 24.3 Å². The summed E-state index contributed by atoms with van der Waals surface area (Å²) in [7, 11) is 0. The Morgan fingerprint density at radius 1 is 1.32 bits per heavy atom. The van der Waals surface area contributed by atoms with Crippen LogP contribution in [0.1, 0.15) is 37.7 Å². The molecule has 2 N–H and O–H groups in total. The molecule has 1 aromatic rings. The van der Waals surface area contributed by atoms with Gasteiger partial charge < -0.3 is 10.6 Å². The first kappa shape index (κ1) is 15.0. The minimum absolute atomic E-state index is 0.0496. The zero-order chi connectivity index (χ0) is 15.7. The monoisotopic (exact) mass is 304 g/mol. The Hall–Kier alpha value is -1.91. The molecule has 22 heavy (non-hydrogen) atoms. The average Bonchev–Trinajstić information content (AvgIpc) is 3.08. The van der Waals surface area contributed by atoms with E-state index in [2.05, 4.69) is 0 Å². The minimum atomic E-state index is -0.429. The molecular weight excluding hydrogens is 283 g/mol. The molecule has 1 aliphatic carbocycles. The van der Waals surface area contributed by atoms with Crippen LogP contribution in [0.2, 0.25) is 0 Å². The lowest BCUT2D eigenvalue weighted by Crippen LogP contribution is -2.41. The molecule has 0 spiro atoms. The molecule has 4 nitrogen and oxygen atoms in total. The van der Waals surface area contributed by atoms with E-state index in [0.717, 1.165) is 25.7 Å². The van der Waals surface area contributed by atoms with E-state index < -0.39 is 11.8 Å². The first-order valence-corrected chi connectivity index (χ1v) is 7.84. The van der Waals surface area contributed by atoms with E-state index in [1.807, 2.05) is 12.1 Å². The molecule has 2 aliphatic rings. The van der Waals surface area contributed by atoms with Crippen LogP contribution in [0.5, 0.6) is 0 Å². The smallest absolute Gasteiger partial charge is 0.223 e. The van der Waals surface area contributed by atoms with Crippen LogP contribution in [0.25, 0.3) is 0 Å². The van der Waals surface area contributed by atoms with Crippen LogP contribution >= 0.6 is 0 Å². The number of primary amides is 1. The van der Waals surface area contributed by atoms with Gasteiger partial charge in [0, 0.05) is 24.9 Å². The van der Waals surface area contributed by atoms with Crippen molar-refractivity contribution in [3.8, 4) is 0 Å². The summed E-state index contributed by atoms with van der Waals surface area (Å²) < 4.78 is 14.3. The Balaban J connectivity index is 1.86. The Morgan fingerprint density at radius 3 is 2.59 bits per heavy atom. The van der Waals surface area contributed by atoms with Crippen molar-refractivity contribution in [3.05, 3.63) is 35.6 Å². The van der Waals surface area contributed by atoms with E-state index >= 15 is 0 Å². The summed E-state index contributed by atoms with van der Waals surface area (Å²) in [5, 5.41) is 0. The number of hydrogen-bond donors (Lipinski definition) is 1. The number of rotatable bonds is 4. The molecule has 1 atom stereocenters. The molecule has 2 amide bonds. The minimum Gasteiger partial charge on any atom is -0.369 e. The van der Waals surface area contributed by atoms with E-state index in [4.69, 9.17) is 5.73 Å². The fourth-order valence-electron chi connectivity index (χ4n) is 3.94. The largest absolute Gasteiger partial charge is 0.369 e. The maximum absolute atomic E-state index is 14.3. The van der Waals surface area contributed by atoms with Crippen molar-refractivity contribution in [2.75, 3.05) is 13.1 Å². The Morgan fingerprint density at radius 2 is 2.00 bits per heavy atom. The number of nitrogens with two attached hydrogens (primary N) is 1. The van der Waals surface area contributed by atoms with E-state index in [-0.39, 0.29) is 23.6 Å². The van der Waals surface area contributed by atoms with Gasteiger partial charge in [-0.1, -0.05) is 31.0 Å². The summed E-state index contributed by atoms with van der Waals surface area (Å²) in [6.07, 6.45) is 4.01. The molecule has 1 aliphatic heterocycles. The summed E-state index contributed by atoms with van der Waals surface area (Å²) >= 11 is 0.